The molecule has 1 aliphatic rings. The summed E-state index contributed by atoms with van der Waals surface area (Å²) in [5.41, 5.74) is 6.07. The summed E-state index contributed by atoms with van der Waals surface area (Å²) in [6.45, 7) is 5.17. The van der Waals surface area contributed by atoms with E-state index in [1.807, 2.05) is 18.7 Å². The molecule has 6 nitrogen and oxygen atoms in total. The van der Waals surface area contributed by atoms with Crippen molar-refractivity contribution < 1.29 is 14.6 Å². The van der Waals surface area contributed by atoms with Gasteiger partial charge < -0.3 is 20.5 Å². The van der Waals surface area contributed by atoms with Crippen LogP contribution >= 0.6 is 0 Å². The highest BCUT2D eigenvalue weighted by Gasteiger charge is 2.26. The average molecular weight is 251 g/mol. The van der Waals surface area contributed by atoms with Crippen LogP contribution in [0.15, 0.2) is 12.3 Å². The van der Waals surface area contributed by atoms with Crippen LogP contribution < -0.4 is 10.6 Å². The summed E-state index contributed by atoms with van der Waals surface area (Å²) < 4.78 is 5.62. The van der Waals surface area contributed by atoms with Crippen molar-refractivity contribution >= 4 is 17.5 Å². The molecule has 0 bridgehead atoms. The Kier molecular flexibility index (Phi) is 3.38. The van der Waals surface area contributed by atoms with Crippen LogP contribution in [0.2, 0.25) is 0 Å². The normalized spacial score (nSPS) is 24.0. The van der Waals surface area contributed by atoms with Crippen molar-refractivity contribution in [2.24, 2.45) is 0 Å². The molecule has 0 aromatic carbocycles. The van der Waals surface area contributed by atoms with Crippen LogP contribution in [0, 0.1) is 0 Å². The quantitative estimate of drug-likeness (QED) is 0.814. The maximum atomic E-state index is 11.2. The predicted molar refractivity (Wildman–Crippen MR) is 67.8 cm³/mol. The molecule has 1 aromatic rings. The van der Waals surface area contributed by atoms with E-state index in [1.165, 1.54) is 12.3 Å². The number of aromatic carboxylic acids is 1. The Labute approximate surface area is 105 Å². The van der Waals surface area contributed by atoms with Crippen LogP contribution in [0.4, 0.5) is 11.5 Å². The number of carboxylic acids is 1. The molecule has 0 unspecified atom stereocenters. The molecular formula is C12H17N3O3. The van der Waals surface area contributed by atoms with E-state index < -0.39 is 5.97 Å². The van der Waals surface area contributed by atoms with Crippen molar-refractivity contribution in [2.45, 2.75) is 26.1 Å². The Bertz CT molecular complexity index is 454. The van der Waals surface area contributed by atoms with Crippen molar-refractivity contribution in [3.8, 4) is 0 Å². The van der Waals surface area contributed by atoms with Crippen LogP contribution in [0.5, 0.6) is 0 Å². The topological polar surface area (TPSA) is 88.7 Å². The minimum absolute atomic E-state index is 0.0507. The van der Waals surface area contributed by atoms with Crippen LogP contribution in [0.25, 0.3) is 0 Å². The van der Waals surface area contributed by atoms with E-state index in [0.29, 0.717) is 24.6 Å². The Morgan fingerprint density at radius 2 is 2.11 bits per heavy atom. The zero-order valence-electron chi connectivity index (χ0n) is 10.5. The van der Waals surface area contributed by atoms with E-state index in [1.54, 1.807) is 0 Å². The molecule has 0 amide bonds. The molecule has 98 valence electrons. The fourth-order valence-electron chi connectivity index (χ4n) is 2.23. The number of morpholine rings is 1. The molecule has 1 aromatic heterocycles. The number of anilines is 2. The number of pyridine rings is 1. The van der Waals surface area contributed by atoms with Gasteiger partial charge in [-0.25, -0.2) is 9.78 Å². The van der Waals surface area contributed by atoms with Crippen molar-refractivity contribution in [1.82, 2.24) is 4.98 Å². The number of nitrogens with zero attached hydrogens (tertiary/aromatic N) is 2. The van der Waals surface area contributed by atoms with Gasteiger partial charge >= 0.3 is 5.97 Å². The molecule has 1 fully saturated rings. The Balaban J connectivity index is 2.35. The third kappa shape index (κ3) is 2.53. The van der Waals surface area contributed by atoms with Crippen molar-refractivity contribution in [3.05, 3.63) is 17.8 Å². The van der Waals surface area contributed by atoms with Crippen LogP contribution in [0.1, 0.15) is 24.2 Å². The molecule has 3 N–H and O–H groups in total. The van der Waals surface area contributed by atoms with Crippen molar-refractivity contribution in [3.63, 3.8) is 0 Å². The minimum atomic E-state index is -1.02. The van der Waals surface area contributed by atoms with Crippen LogP contribution in [-0.4, -0.2) is 41.4 Å². The molecule has 2 atom stereocenters. The second-order valence-electron chi connectivity index (χ2n) is 4.61. The first kappa shape index (κ1) is 12.6. The number of carboxylic acid groups (broad SMARTS) is 1. The Hall–Kier alpha value is -1.82. The lowest BCUT2D eigenvalue weighted by Gasteiger charge is -2.36. The van der Waals surface area contributed by atoms with Crippen molar-refractivity contribution in [1.29, 1.82) is 0 Å². The minimum Gasteiger partial charge on any atom is -0.478 e. The van der Waals surface area contributed by atoms with Gasteiger partial charge in [-0.15, -0.1) is 0 Å². The van der Waals surface area contributed by atoms with E-state index in [2.05, 4.69) is 4.98 Å². The first-order valence-electron chi connectivity index (χ1n) is 5.86. The SMILES string of the molecule is C[C@@H]1CN(c2ncc(N)cc2C(=O)O)C[C@H](C)O1. The van der Waals surface area contributed by atoms with Gasteiger partial charge in [0.2, 0.25) is 0 Å². The maximum Gasteiger partial charge on any atom is 0.339 e. The molecular weight excluding hydrogens is 234 g/mol. The zero-order chi connectivity index (χ0) is 13.3. The summed E-state index contributed by atoms with van der Waals surface area (Å²) in [6.07, 6.45) is 1.58. The smallest absolute Gasteiger partial charge is 0.339 e. The van der Waals surface area contributed by atoms with Gasteiger partial charge in [0, 0.05) is 13.1 Å². The molecule has 0 radical (unpaired) electrons. The average Bonchev–Trinajstić information content (AvgIpc) is 2.27. The summed E-state index contributed by atoms with van der Waals surface area (Å²) in [7, 11) is 0. The highest BCUT2D eigenvalue weighted by molar-refractivity contribution is 5.94. The molecule has 2 heterocycles. The number of aromatic nitrogens is 1. The van der Waals surface area contributed by atoms with Gasteiger partial charge in [-0.1, -0.05) is 0 Å². The number of hydrogen-bond acceptors (Lipinski definition) is 5. The number of nitrogen functional groups attached to an aromatic ring is 1. The van der Waals surface area contributed by atoms with Gasteiger partial charge in [0.25, 0.3) is 0 Å². The summed E-state index contributed by atoms with van der Waals surface area (Å²) in [5.74, 6) is -0.560. The second-order valence-corrected chi connectivity index (χ2v) is 4.61. The van der Waals surface area contributed by atoms with E-state index >= 15 is 0 Å². The van der Waals surface area contributed by atoms with Crippen LogP contribution in [-0.2, 0) is 4.74 Å². The highest BCUT2D eigenvalue weighted by atomic mass is 16.5. The van der Waals surface area contributed by atoms with Gasteiger partial charge in [-0.2, -0.15) is 0 Å². The molecule has 2 rings (SSSR count). The number of ether oxygens (including phenoxy) is 1. The van der Waals surface area contributed by atoms with Gasteiger partial charge in [0.05, 0.1) is 24.1 Å². The Morgan fingerprint density at radius 1 is 1.50 bits per heavy atom. The van der Waals surface area contributed by atoms with Gasteiger partial charge in [-0.05, 0) is 19.9 Å². The van der Waals surface area contributed by atoms with E-state index in [4.69, 9.17) is 10.5 Å². The van der Waals surface area contributed by atoms with E-state index in [-0.39, 0.29) is 17.8 Å². The summed E-state index contributed by atoms with van der Waals surface area (Å²) in [5, 5.41) is 9.20. The zero-order valence-corrected chi connectivity index (χ0v) is 10.5. The summed E-state index contributed by atoms with van der Waals surface area (Å²) >= 11 is 0. The highest BCUT2D eigenvalue weighted by Crippen LogP contribution is 2.23. The lowest BCUT2D eigenvalue weighted by molar-refractivity contribution is -0.00556. The second kappa shape index (κ2) is 4.81. The fraction of sp³-hybridized carbons (Fsp3) is 0.500. The Morgan fingerprint density at radius 3 is 2.67 bits per heavy atom. The third-order valence-corrected chi connectivity index (χ3v) is 2.84. The largest absolute Gasteiger partial charge is 0.478 e. The summed E-state index contributed by atoms with van der Waals surface area (Å²) in [4.78, 5) is 17.3. The maximum absolute atomic E-state index is 11.2. The predicted octanol–water partition coefficient (Wildman–Crippen LogP) is 0.976. The monoisotopic (exact) mass is 251 g/mol. The number of carbonyl (C=O) groups is 1. The molecule has 0 saturated carbocycles. The third-order valence-electron chi connectivity index (χ3n) is 2.84. The number of rotatable bonds is 2. The van der Waals surface area contributed by atoms with Gasteiger partial charge in [0.1, 0.15) is 11.4 Å². The molecule has 18 heavy (non-hydrogen) atoms. The van der Waals surface area contributed by atoms with Gasteiger partial charge in [0.15, 0.2) is 0 Å². The lowest BCUT2D eigenvalue weighted by Crippen LogP contribution is -2.46. The fourth-order valence-corrected chi connectivity index (χ4v) is 2.23. The molecule has 6 heteroatoms. The number of hydrogen-bond donors (Lipinski definition) is 2. The van der Waals surface area contributed by atoms with E-state index in [0.717, 1.165) is 0 Å². The van der Waals surface area contributed by atoms with Crippen LogP contribution in [0.3, 0.4) is 0 Å². The number of nitrogens with two attached hydrogens (primary N) is 1. The standard InChI is InChI=1S/C12H17N3O3/c1-7-5-15(6-8(2)18-7)11-10(12(16)17)3-9(13)4-14-11/h3-4,7-8H,5-6,13H2,1-2H3,(H,16,17)/t7-,8+. The van der Waals surface area contributed by atoms with Crippen molar-refractivity contribution in [2.75, 3.05) is 23.7 Å². The first-order chi connectivity index (χ1) is 8.47. The summed E-state index contributed by atoms with van der Waals surface area (Å²) in [6, 6.07) is 1.44. The molecule has 1 saturated heterocycles. The van der Waals surface area contributed by atoms with E-state index in [9.17, 15) is 9.90 Å². The molecule has 0 spiro atoms. The van der Waals surface area contributed by atoms with Gasteiger partial charge in [-0.3, -0.25) is 0 Å². The first-order valence-corrected chi connectivity index (χ1v) is 5.86. The molecule has 1 aliphatic heterocycles. The molecule has 0 aliphatic carbocycles. The lowest BCUT2D eigenvalue weighted by atomic mass is 10.2.